The molecular weight excluding hydrogens is 259 g/mol. The molecule has 1 saturated carbocycles. The molecule has 0 heterocycles. The highest BCUT2D eigenvalue weighted by atomic mass is 35.5. The molecule has 17 heavy (non-hydrogen) atoms. The van der Waals surface area contributed by atoms with Crippen LogP contribution in [0.2, 0.25) is 0 Å². The van der Waals surface area contributed by atoms with E-state index in [4.69, 9.17) is 33.0 Å². The van der Waals surface area contributed by atoms with Gasteiger partial charge in [-0.05, 0) is 42.9 Å². The van der Waals surface area contributed by atoms with Gasteiger partial charge in [0.2, 0.25) is 0 Å². The fourth-order valence-electron chi connectivity index (χ4n) is 2.44. The number of hydrogen-bond acceptors (Lipinski definition) is 2. The Kier molecular flexibility index (Phi) is 4.92. The maximum atomic E-state index is 9.11. The molecule has 1 N–H and O–H groups in total. The molecule has 0 bridgehead atoms. The second kappa shape index (κ2) is 6.24. The first kappa shape index (κ1) is 13.4. The monoisotopic (exact) mass is 276 g/mol. The Bertz CT molecular complexity index is 325. The first-order chi connectivity index (χ1) is 8.17. The molecule has 2 nitrogen and oxygen atoms in total. The van der Waals surface area contributed by atoms with Crippen LogP contribution in [0.4, 0.5) is 0 Å². The van der Waals surface area contributed by atoms with Crippen LogP contribution >= 0.6 is 23.2 Å². The average molecular weight is 277 g/mol. The molecule has 0 saturated heterocycles. The number of aliphatic hydroxyl groups excluding tert-OH is 1. The highest BCUT2D eigenvalue weighted by Gasteiger charge is 2.24. The molecule has 0 aromatic rings. The molecule has 3 unspecified atom stereocenters. The molecule has 96 valence electrons. The van der Waals surface area contributed by atoms with Gasteiger partial charge in [-0.3, -0.25) is 0 Å². The molecule has 2 rings (SSSR count). The molecule has 0 aliphatic heterocycles. The molecule has 0 radical (unpaired) electrons. The summed E-state index contributed by atoms with van der Waals surface area (Å²) in [7, 11) is 0. The van der Waals surface area contributed by atoms with Crippen LogP contribution < -0.4 is 0 Å². The zero-order chi connectivity index (χ0) is 12.3. The second-order valence-corrected chi connectivity index (χ2v) is 5.92. The predicted molar refractivity (Wildman–Crippen MR) is 70.4 cm³/mol. The SMILES string of the molecule is OCC1=CC(Cl)=CC(OCC2CCC(Cl)C2)C1. The molecule has 2 aliphatic rings. The van der Waals surface area contributed by atoms with Crippen LogP contribution in [-0.4, -0.2) is 29.8 Å². The van der Waals surface area contributed by atoms with Gasteiger partial charge in [-0.2, -0.15) is 0 Å². The Hall–Kier alpha value is -0.0200. The van der Waals surface area contributed by atoms with E-state index in [1.807, 2.05) is 12.2 Å². The lowest BCUT2D eigenvalue weighted by Crippen LogP contribution is -2.19. The van der Waals surface area contributed by atoms with Crippen molar-refractivity contribution < 1.29 is 9.84 Å². The number of halogens is 2. The fourth-order valence-corrected chi connectivity index (χ4v) is 3.11. The molecule has 0 amide bonds. The maximum absolute atomic E-state index is 9.11. The summed E-state index contributed by atoms with van der Waals surface area (Å²) in [4.78, 5) is 0. The van der Waals surface area contributed by atoms with Gasteiger partial charge in [0.15, 0.2) is 0 Å². The summed E-state index contributed by atoms with van der Waals surface area (Å²) in [6.07, 6.45) is 7.77. The number of rotatable bonds is 4. The van der Waals surface area contributed by atoms with E-state index < -0.39 is 0 Å². The normalized spacial score (nSPS) is 33.5. The summed E-state index contributed by atoms with van der Waals surface area (Å²) in [5, 5.41) is 10.1. The van der Waals surface area contributed by atoms with Crippen LogP contribution in [0.3, 0.4) is 0 Å². The Labute approximate surface area is 112 Å². The number of hydrogen-bond donors (Lipinski definition) is 1. The minimum Gasteiger partial charge on any atom is -0.392 e. The van der Waals surface area contributed by atoms with E-state index in [0.717, 1.165) is 37.9 Å². The Morgan fingerprint density at radius 3 is 2.88 bits per heavy atom. The number of ether oxygens (including phenoxy) is 1. The van der Waals surface area contributed by atoms with Crippen LogP contribution in [0, 0.1) is 5.92 Å². The van der Waals surface area contributed by atoms with Gasteiger partial charge >= 0.3 is 0 Å². The van der Waals surface area contributed by atoms with Crippen molar-refractivity contribution in [1.82, 2.24) is 0 Å². The van der Waals surface area contributed by atoms with Gasteiger partial charge in [0, 0.05) is 16.8 Å². The third-order valence-electron chi connectivity index (χ3n) is 3.38. The summed E-state index contributed by atoms with van der Waals surface area (Å²) >= 11 is 12.0. The van der Waals surface area contributed by atoms with Gasteiger partial charge in [0.05, 0.1) is 19.3 Å². The smallest absolute Gasteiger partial charge is 0.0811 e. The van der Waals surface area contributed by atoms with E-state index in [1.165, 1.54) is 0 Å². The first-order valence-corrected chi connectivity index (χ1v) is 6.92. The van der Waals surface area contributed by atoms with Crippen molar-refractivity contribution in [3.63, 3.8) is 0 Å². The molecule has 0 aromatic heterocycles. The highest BCUT2D eigenvalue weighted by molar-refractivity contribution is 6.31. The second-order valence-electron chi connectivity index (χ2n) is 4.86. The summed E-state index contributed by atoms with van der Waals surface area (Å²) in [5.41, 5.74) is 0.934. The quantitative estimate of drug-likeness (QED) is 0.799. The lowest BCUT2D eigenvalue weighted by Gasteiger charge is -2.21. The van der Waals surface area contributed by atoms with Gasteiger partial charge in [0.1, 0.15) is 0 Å². The Morgan fingerprint density at radius 2 is 2.24 bits per heavy atom. The molecule has 2 aliphatic carbocycles. The van der Waals surface area contributed by atoms with Crippen molar-refractivity contribution >= 4 is 23.2 Å². The lowest BCUT2D eigenvalue weighted by molar-refractivity contribution is 0.0563. The van der Waals surface area contributed by atoms with Crippen LogP contribution in [0.5, 0.6) is 0 Å². The Balaban J connectivity index is 1.78. The standard InChI is InChI=1S/C13H18Cl2O2/c14-11-2-1-9(3-11)8-17-13-5-10(7-16)4-12(15)6-13/h4,6,9,11,13,16H,1-3,5,7-8H2. The van der Waals surface area contributed by atoms with Crippen molar-refractivity contribution in [3.8, 4) is 0 Å². The third-order valence-corrected chi connectivity index (χ3v) is 4.01. The summed E-state index contributed by atoms with van der Waals surface area (Å²) in [6.45, 7) is 0.796. The first-order valence-electron chi connectivity index (χ1n) is 6.10. The molecule has 3 atom stereocenters. The zero-order valence-electron chi connectivity index (χ0n) is 9.74. The topological polar surface area (TPSA) is 29.5 Å². The minimum absolute atomic E-state index is 0.00373. The van der Waals surface area contributed by atoms with Crippen molar-refractivity contribution in [3.05, 3.63) is 22.8 Å². The van der Waals surface area contributed by atoms with Gasteiger partial charge in [-0.1, -0.05) is 11.6 Å². The molecule has 1 fully saturated rings. The number of aliphatic hydroxyl groups is 1. The van der Waals surface area contributed by atoms with E-state index in [2.05, 4.69) is 0 Å². The Morgan fingerprint density at radius 1 is 1.41 bits per heavy atom. The van der Waals surface area contributed by atoms with Crippen LogP contribution in [0.1, 0.15) is 25.7 Å². The largest absolute Gasteiger partial charge is 0.392 e. The lowest BCUT2D eigenvalue weighted by atomic mass is 10.0. The van der Waals surface area contributed by atoms with Gasteiger partial charge in [-0.25, -0.2) is 0 Å². The maximum Gasteiger partial charge on any atom is 0.0811 e. The van der Waals surface area contributed by atoms with E-state index in [0.29, 0.717) is 16.3 Å². The van der Waals surface area contributed by atoms with Gasteiger partial charge in [0.25, 0.3) is 0 Å². The van der Waals surface area contributed by atoms with E-state index >= 15 is 0 Å². The number of allylic oxidation sites excluding steroid dienone is 2. The van der Waals surface area contributed by atoms with Crippen molar-refractivity contribution in [1.29, 1.82) is 0 Å². The summed E-state index contributed by atoms with van der Waals surface area (Å²) < 4.78 is 5.85. The summed E-state index contributed by atoms with van der Waals surface area (Å²) in [6, 6.07) is 0. The van der Waals surface area contributed by atoms with Crippen LogP contribution in [-0.2, 0) is 4.74 Å². The van der Waals surface area contributed by atoms with Crippen molar-refractivity contribution in [2.24, 2.45) is 5.92 Å². The van der Waals surface area contributed by atoms with Crippen LogP contribution in [0.25, 0.3) is 0 Å². The summed E-state index contributed by atoms with van der Waals surface area (Å²) in [5.74, 6) is 0.577. The molecule has 4 heteroatoms. The van der Waals surface area contributed by atoms with Gasteiger partial charge in [-0.15, -0.1) is 11.6 Å². The van der Waals surface area contributed by atoms with Crippen LogP contribution in [0.15, 0.2) is 22.8 Å². The predicted octanol–water partition coefficient (Wildman–Crippen LogP) is 3.22. The number of alkyl halides is 1. The van der Waals surface area contributed by atoms with E-state index in [9.17, 15) is 0 Å². The van der Waals surface area contributed by atoms with Crippen molar-refractivity contribution in [2.75, 3.05) is 13.2 Å². The fraction of sp³-hybridized carbons (Fsp3) is 0.692. The molecule has 0 aromatic carbocycles. The molecular formula is C13H18Cl2O2. The van der Waals surface area contributed by atoms with Gasteiger partial charge < -0.3 is 9.84 Å². The van der Waals surface area contributed by atoms with Crippen molar-refractivity contribution in [2.45, 2.75) is 37.2 Å². The van der Waals surface area contributed by atoms with E-state index in [1.54, 1.807) is 0 Å². The van der Waals surface area contributed by atoms with E-state index in [-0.39, 0.29) is 12.7 Å². The third kappa shape index (κ3) is 3.99. The minimum atomic E-state index is 0.00373. The zero-order valence-corrected chi connectivity index (χ0v) is 11.3. The molecule has 0 spiro atoms. The highest BCUT2D eigenvalue weighted by Crippen LogP contribution is 2.30. The average Bonchev–Trinajstić information content (AvgIpc) is 2.72.